The van der Waals surface area contributed by atoms with Gasteiger partial charge in [0.2, 0.25) is 5.91 Å². The molecule has 1 amide bonds. The summed E-state index contributed by atoms with van der Waals surface area (Å²) in [6.45, 7) is 8.40. The average Bonchev–Trinajstić information content (AvgIpc) is 2.67. The lowest BCUT2D eigenvalue weighted by Gasteiger charge is -2.27. The largest absolute Gasteiger partial charge is 0.341 e. The number of hydrogen-bond acceptors (Lipinski definition) is 3. The second-order valence-electron chi connectivity index (χ2n) is 6.79. The third-order valence-corrected chi connectivity index (χ3v) is 5.33. The van der Waals surface area contributed by atoms with E-state index < -0.39 is 0 Å². The summed E-state index contributed by atoms with van der Waals surface area (Å²) < 4.78 is 0.171. The van der Waals surface area contributed by atoms with Crippen LogP contribution in [0.25, 0.3) is 0 Å². The molecule has 0 radical (unpaired) electrons. The van der Waals surface area contributed by atoms with Crippen LogP contribution in [0.15, 0.2) is 0 Å². The summed E-state index contributed by atoms with van der Waals surface area (Å²) in [5.41, 5.74) is 6.02. The first-order valence-electron chi connectivity index (χ1n) is 7.02. The molecule has 1 aliphatic carbocycles. The fraction of sp³-hybridized carbons (Fsp3) is 0.929. The van der Waals surface area contributed by atoms with Gasteiger partial charge in [-0.15, -0.1) is 11.8 Å². The third kappa shape index (κ3) is 3.64. The normalized spacial score (nSPS) is 32.4. The molecule has 0 aromatic rings. The van der Waals surface area contributed by atoms with Crippen molar-refractivity contribution in [3.63, 3.8) is 0 Å². The summed E-state index contributed by atoms with van der Waals surface area (Å²) in [6, 6.07) is 0.366. The number of thioether (sulfide) groups is 1. The lowest BCUT2D eigenvalue weighted by atomic mass is 9.79. The van der Waals surface area contributed by atoms with Gasteiger partial charge in [-0.1, -0.05) is 20.8 Å². The van der Waals surface area contributed by atoms with Crippen LogP contribution in [0.1, 0.15) is 40.0 Å². The fourth-order valence-corrected chi connectivity index (χ4v) is 3.78. The van der Waals surface area contributed by atoms with Crippen molar-refractivity contribution in [3.05, 3.63) is 0 Å². The minimum atomic E-state index is 0.171. The van der Waals surface area contributed by atoms with E-state index in [1.807, 2.05) is 0 Å². The molecule has 1 aliphatic heterocycles. The van der Waals surface area contributed by atoms with Gasteiger partial charge in [0.15, 0.2) is 0 Å². The van der Waals surface area contributed by atoms with E-state index in [0.717, 1.165) is 25.9 Å². The Labute approximate surface area is 115 Å². The Hall–Kier alpha value is -0.220. The Morgan fingerprint density at radius 1 is 1.28 bits per heavy atom. The van der Waals surface area contributed by atoms with Crippen molar-refractivity contribution >= 4 is 17.7 Å². The molecule has 18 heavy (non-hydrogen) atoms. The smallest absolute Gasteiger partial charge is 0.232 e. The monoisotopic (exact) mass is 270 g/mol. The number of fused-ring (bicyclic) bond motifs is 1. The maximum absolute atomic E-state index is 12.2. The predicted octanol–water partition coefficient (Wildman–Crippen LogP) is 2.10. The summed E-state index contributed by atoms with van der Waals surface area (Å²) in [5.74, 6) is 2.32. The van der Waals surface area contributed by atoms with Crippen LogP contribution in [0.5, 0.6) is 0 Å². The standard InChI is InChI=1S/C14H26N2OS/c1-14(2,3)18-9-13(17)16-7-10-4-5-12(15)6-11(10)8-16/h10-12H,4-9,15H2,1-3H3/t10-,11+,12?/m1/s1. The molecule has 3 atom stereocenters. The molecule has 0 aromatic heterocycles. The topological polar surface area (TPSA) is 46.3 Å². The van der Waals surface area contributed by atoms with Crippen LogP contribution in [-0.2, 0) is 4.79 Å². The highest BCUT2D eigenvalue weighted by Crippen LogP contribution is 2.36. The van der Waals surface area contributed by atoms with Crippen LogP contribution in [0, 0.1) is 11.8 Å². The first-order valence-corrected chi connectivity index (χ1v) is 8.01. The van der Waals surface area contributed by atoms with E-state index in [9.17, 15) is 4.79 Å². The Morgan fingerprint density at radius 2 is 1.94 bits per heavy atom. The number of carbonyl (C=O) groups is 1. The van der Waals surface area contributed by atoms with Crippen LogP contribution in [-0.4, -0.2) is 40.4 Å². The summed E-state index contributed by atoms with van der Waals surface area (Å²) in [6.07, 6.45) is 3.46. The number of hydrogen-bond donors (Lipinski definition) is 1. The summed E-state index contributed by atoms with van der Waals surface area (Å²) in [7, 11) is 0. The van der Waals surface area contributed by atoms with E-state index in [2.05, 4.69) is 25.7 Å². The first-order chi connectivity index (χ1) is 8.35. The van der Waals surface area contributed by atoms with Crippen LogP contribution >= 0.6 is 11.8 Å². The van der Waals surface area contributed by atoms with Gasteiger partial charge in [-0.2, -0.15) is 0 Å². The second-order valence-corrected chi connectivity index (χ2v) is 8.60. The van der Waals surface area contributed by atoms with Crippen molar-refractivity contribution in [2.24, 2.45) is 17.6 Å². The molecule has 1 saturated carbocycles. The molecule has 2 rings (SSSR count). The SMILES string of the molecule is CC(C)(C)SCC(=O)N1C[C@H]2CCC(N)C[C@H]2C1. The van der Waals surface area contributed by atoms with Crippen molar-refractivity contribution in [1.82, 2.24) is 4.90 Å². The van der Waals surface area contributed by atoms with Crippen LogP contribution in [0.3, 0.4) is 0 Å². The van der Waals surface area contributed by atoms with E-state index >= 15 is 0 Å². The van der Waals surface area contributed by atoms with Crippen molar-refractivity contribution in [1.29, 1.82) is 0 Å². The van der Waals surface area contributed by atoms with Gasteiger partial charge in [0, 0.05) is 23.9 Å². The molecule has 2 N–H and O–H groups in total. The van der Waals surface area contributed by atoms with E-state index in [4.69, 9.17) is 5.73 Å². The maximum atomic E-state index is 12.2. The molecule has 1 heterocycles. The summed E-state index contributed by atoms with van der Waals surface area (Å²) >= 11 is 1.75. The fourth-order valence-electron chi connectivity index (χ4n) is 3.04. The number of amides is 1. The van der Waals surface area contributed by atoms with Gasteiger partial charge < -0.3 is 10.6 Å². The highest BCUT2D eigenvalue weighted by atomic mass is 32.2. The van der Waals surface area contributed by atoms with Crippen molar-refractivity contribution in [2.45, 2.75) is 50.8 Å². The molecule has 104 valence electrons. The quantitative estimate of drug-likeness (QED) is 0.836. The zero-order valence-electron chi connectivity index (χ0n) is 11.8. The molecular formula is C14H26N2OS. The van der Waals surface area contributed by atoms with Gasteiger partial charge in [-0.3, -0.25) is 4.79 Å². The Morgan fingerprint density at radius 3 is 2.61 bits per heavy atom. The molecule has 4 heteroatoms. The molecule has 2 fully saturated rings. The maximum Gasteiger partial charge on any atom is 0.232 e. The molecule has 1 saturated heterocycles. The van der Waals surface area contributed by atoms with Crippen LogP contribution in [0.2, 0.25) is 0 Å². The average molecular weight is 270 g/mol. The minimum absolute atomic E-state index is 0.171. The number of nitrogens with zero attached hydrogens (tertiary/aromatic N) is 1. The van der Waals surface area contributed by atoms with E-state index in [0.29, 0.717) is 29.5 Å². The predicted molar refractivity (Wildman–Crippen MR) is 77.6 cm³/mol. The molecule has 0 aromatic carbocycles. The minimum Gasteiger partial charge on any atom is -0.341 e. The molecule has 0 spiro atoms. The number of likely N-dealkylation sites (tertiary alicyclic amines) is 1. The van der Waals surface area contributed by atoms with Crippen LogP contribution < -0.4 is 5.73 Å². The zero-order valence-corrected chi connectivity index (χ0v) is 12.6. The van der Waals surface area contributed by atoms with Crippen molar-refractivity contribution in [3.8, 4) is 0 Å². The molecule has 2 aliphatic rings. The Kier molecular flexibility index (Phi) is 4.27. The number of nitrogens with two attached hydrogens (primary N) is 1. The first kappa shape index (κ1) is 14.2. The molecule has 1 unspecified atom stereocenters. The van der Waals surface area contributed by atoms with Crippen LogP contribution in [0.4, 0.5) is 0 Å². The lowest BCUT2D eigenvalue weighted by Crippen LogP contribution is -2.32. The highest BCUT2D eigenvalue weighted by Gasteiger charge is 2.38. The zero-order chi connectivity index (χ0) is 13.3. The third-order valence-electron chi connectivity index (χ3n) is 4.07. The van der Waals surface area contributed by atoms with Gasteiger partial charge in [-0.25, -0.2) is 0 Å². The van der Waals surface area contributed by atoms with E-state index in [-0.39, 0.29) is 4.75 Å². The van der Waals surface area contributed by atoms with E-state index in [1.54, 1.807) is 11.8 Å². The van der Waals surface area contributed by atoms with Gasteiger partial charge in [-0.05, 0) is 31.1 Å². The van der Waals surface area contributed by atoms with Crippen molar-refractivity contribution < 1.29 is 4.79 Å². The van der Waals surface area contributed by atoms with E-state index in [1.165, 1.54) is 6.42 Å². The second kappa shape index (κ2) is 5.41. The Balaban J connectivity index is 1.83. The lowest BCUT2D eigenvalue weighted by molar-refractivity contribution is -0.127. The van der Waals surface area contributed by atoms with Gasteiger partial charge in [0.25, 0.3) is 0 Å². The highest BCUT2D eigenvalue weighted by molar-refractivity contribution is 8.01. The summed E-state index contributed by atoms with van der Waals surface area (Å²) in [5, 5.41) is 0. The number of carbonyl (C=O) groups excluding carboxylic acids is 1. The molecule has 3 nitrogen and oxygen atoms in total. The van der Waals surface area contributed by atoms with Gasteiger partial charge in [0.1, 0.15) is 0 Å². The van der Waals surface area contributed by atoms with Crippen molar-refractivity contribution in [2.75, 3.05) is 18.8 Å². The Bertz CT molecular complexity index is 313. The molecular weight excluding hydrogens is 244 g/mol. The van der Waals surface area contributed by atoms with Gasteiger partial charge in [0.05, 0.1) is 5.75 Å². The summed E-state index contributed by atoms with van der Waals surface area (Å²) in [4.78, 5) is 14.3. The van der Waals surface area contributed by atoms with Gasteiger partial charge >= 0.3 is 0 Å². The molecule has 0 bridgehead atoms. The number of rotatable bonds is 2.